The Bertz CT molecular complexity index is 2460. The number of hydrogen-bond acceptors (Lipinski definition) is 8. The third-order valence-corrected chi connectivity index (χ3v) is 7.99. The van der Waals surface area contributed by atoms with Crippen LogP contribution in [-0.4, -0.2) is 40.8 Å². The van der Waals surface area contributed by atoms with Crippen LogP contribution in [0.5, 0.6) is 5.75 Å². The number of alkyl halides is 3. The highest BCUT2D eigenvalue weighted by molar-refractivity contribution is 5.70. The largest absolute Gasteiger partial charge is 0.493 e. The molecule has 0 aliphatic carbocycles. The lowest BCUT2D eigenvalue weighted by atomic mass is 9.94. The van der Waals surface area contributed by atoms with Gasteiger partial charge in [0.2, 0.25) is 0 Å². The van der Waals surface area contributed by atoms with Crippen molar-refractivity contribution in [1.82, 2.24) is 34.2 Å². The third-order valence-electron chi connectivity index (χ3n) is 7.99. The van der Waals surface area contributed by atoms with Gasteiger partial charge in [0, 0.05) is 46.9 Å². The van der Waals surface area contributed by atoms with Crippen molar-refractivity contribution in [2.45, 2.75) is 45.2 Å². The summed E-state index contributed by atoms with van der Waals surface area (Å²) in [6, 6.07) is 9.79. The van der Waals surface area contributed by atoms with Gasteiger partial charge in [0.1, 0.15) is 40.5 Å². The summed E-state index contributed by atoms with van der Waals surface area (Å²) in [4.78, 5) is 39.4. The van der Waals surface area contributed by atoms with E-state index in [9.17, 15) is 37.7 Å². The Morgan fingerprint density at radius 2 is 1.47 bits per heavy atom. The fourth-order valence-electron chi connectivity index (χ4n) is 5.64. The number of nitrogens with zero attached hydrogens (tertiary/aromatic N) is 7. The first-order chi connectivity index (χ1) is 23.3. The Morgan fingerprint density at radius 1 is 0.878 bits per heavy atom. The fraction of sp³-hybridized carbons (Fsp3) is 0.242. The molecule has 1 unspecified atom stereocenters. The van der Waals surface area contributed by atoms with E-state index in [1.807, 2.05) is 12.1 Å². The van der Waals surface area contributed by atoms with Crippen molar-refractivity contribution in [3.05, 3.63) is 103 Å². The summed E-state index contributed by atoms with van der Waals surface area (Å²) in [6.45, 7) is 5.17. The van der Waals surface area contributed by atoms with Gasteiger partial charge in [0.25, 0.3) is 11.1 Å². The van der Waals surface area contributed by atoms with E-state index in [0.717, 1.165) is 27.4 Å². The Morgan fingerprint density at radius 3 is 2.04 bits per heavy atom. The summed E-state index contributed by atoms with van der Waals surface area (Å²) < 4.78 is 63.7. The van der Waals surface area contributed by atoms with Crippen LogP contribution in [0.1, 0.15) is 67.0 Å². The lowest BCUT2D eigenvalue weighted by Gasteiger charge is -2.17. The highest BCUT2D eigenvalue weighted by Crippen LogP contribution is 2.34. The van der Waals surface area contributed by atoms with Gasteiger partial charge in [-0.25, -0.2) is 23.4 Å². The number of fused-ring (bicyclic) bond motifs is 2. The van der Waals surface area contributed by atoms with Crippen LogP contribution in [-0.2, 0) is 6.18 Å². The maximum atomic E-state index is 15.0. The second kappa shape index (κ2) is 12.4. The average molecular weight is 672 g/mol. The topological polar surface area (TPSA) is 170 Å². The van der Waals surface area contributed by atoms with Gasteiger partial charge in [-0.1, -0.05) is 20.8 Å². The van der Waals surface area contributed by atoms with E-state index in [-0.39, 0.29) is 75.2 Å². The number of ether oxygens (including phenoxy) is 1. The molecule has 5 heterocycles. The van der Waals surface area contributed by atoms with Crippen molar-refractivity contribution in [2.24, 2.45) is 0 Å². The molecule has 0 aliphatic rings. The number of nitriles is 2. The molecule has 16 heteroatoms. The lowest BCUT2D eigenvalue weighted by Crippen LogP contribution is -2.24. The summed E-state index contributed by atoms with van der Waals surface area (Å²) >= 11 is 0. The average Bonchev–Trinajstić information content (AvgIpc) is 3.68. The number of pyridine rings is 1. The first-order valence-electron chi connectivity index (χ1n) is 14.9. The number of aromatic nitrogens is 7. The number of hydrogen-bond donors (Lipinski definition) is 2. The lowest BCUT2D eigenvalue weighted by molar-refractivity contribution is -0.141. The molecule has 0 saturated carbocycles. The number of H-pyrrole nitrogens is 2. The molecule has 1 atom stereocenters. The van der Waals surface area contributed by atoms with Gasteiger partial charge in [-0.05, 0) is 42.5 Å². The molecule has 0 radical (unpaired) electrons. The first kappa shape index (κ1) is 32.6. The number of rotatable bonds is 8. The van der Waals surface area contributed by atoms with E-state index < -0.39 is 34.7 Å². The normalized spacial score (nSPS) is 12.4. The van der Waals surface area contributed by atoms with Gasteiger partial charge in [0.15, 0.2) is 11.3 Å². The van der Waals surface area contributed by atoms with Crippen LogP contribution in [0.15, 0.2) is 58.5 Å². The fourth-order valence-corrected chi connectivity index (χ4v) is 5.64. The second-order valence-corrected chi connectivity index (χ2v) is 11.6. The molecule has 6 aromatic rings. The summed E-state index contributed by atoms with van der Waals surface area (Å²) in [7, 11) is 0. The minimum absolute atomic E-state index is 0.0187. The number of halogens is 4. The SMILES string of the molecule is CC(C)c1c(-c2cc(F)cc(OCCC(C)c3c(-c4ccnc(C(F)(F)F)c4)nc4c(C#N)c[nH]n4c3=O)c2)nc2c(C#N)c[nH]n2c1=O. The van der Waals surface area contributed by atoms with Crippen molar-refractivity contribution in [2.75, 3.05) is 6.61 Å². The van der Waals surface area contributed by atoms with Crippen molar-refractivity contribution in [3.63, 3.8) is 0 Å². The number of aromatic amines is 2. The van der Waals surface area contributed by atoms with Crippen LogP contribution in [0.3, 0.4) is 0 Å². The minimum Gasteiger partial charge on any atom is -0.493 e. The summed E-state index contributed by atoms with van der Waals surface area (Å²) in [5, 5.41) is 24.4. The quantitative estimate of drug-likeness (QED) is 0.195. The molecule has 0 aliphatic heterocycles. The van der Waals surface area contributed by atoms with Gasteiger partial charge < -0.3 is 4.74 Å². The van der Waals surface area contributed by atoms with E-state index in [0.29, 0.717) is 5.56 Å². The molecule has 1 aromatic carbocycles. The molecule has 0 fully saturated rings. The predicted molar refractivity (Wildman–Crippen MR) is 167 cm³/mol. The molecule has 248 valence electrons. The molecular formula is C33H25F4N9O3. The predicted octanol–water partition coefficient (Wildman–Crippen LogP) is 5.68. The molecule has 12 nitrogen and oxygen atoms in total. The molecule has 49 heavy (non-hydrogen) atoms. The van der Waals surface area contributed by atoms with Gasteiger partial charge in [-0.15, -0.1) is 0 Å². The third kappa shape index (κ3) is 5.89. The standard InChI is InChI=1S/C33H25F4N9O3/c1-16(2)25-28(44-30-21(13-39)14-41-45(30)31(25)47)19-8-22(34)11-23(9-19)49-7-5-17(3)26-27(18-4-6-40-24(10-18)33(35,36)37)43-29-20(12-38)15-42-46(29)32(26)48/h4,6,8-11,14-17,41-42H,5,7H2,1-3H3. The zero-order valence-corrected chi connectivity index (χ0v) is 26.1. The Kier molecular flexibility index (Phi) is 8.25. The van der Waals surface area contributed by atoms with Crippen LogP contribution in [0, 0.1) is 28.5 Å². The van der Waals surface area contributed by atoms with E-state index in [1.165, 1.54) is 30.6 Å². The molecule has 6 rings (SSSR count). The molecule has 0 amide bonds. The monoisotopic (exact) mass is 671 g/mol. The van der Waals surface area contributed by atoms with Crippen LogP contribution >= 0.6 is 0 Å². The van der Waals surface area contributed by atoms with Gasteiger partial charge in [-0.3, -0.25) is 24.8 Å². The van der Waals surface area contributed by atoms with E-state index in [4.69, 9.17) is 4.74 Å². The maximum absolute atomic E-state index is 15.0. The van der Waals surface area contributed by atoms with Crippen molar-refractivity contribution in [1.29, 1.82) is 10.5 Å². The van der Waals surface area contributed by atoms with Crippen LogP contribution in [0.4, 0.5) is 17.6 Å². The van der Waals surface area contributed by atoms with Crippen LogP contribution in [0.25, 0.3) is 33.8 Å². The molecular weight excluding hydrogens is 646 g/mol. The van der Waals surface area contributed by atoms with Crippen molar-refractivity contribution in [3.8, 4) is 40.4 Å². The minimum atomic E-state index is -4.75. The zero-order chi connectivity index (χ0) is 35.2. The van der Waals surface area contributed by atoms with E-state index in [2.05, 4.69) is 25.1 Å². The van der Waals surface area contributed by atoms with Crippen molar-refractivity contribution < 1.29 is 22.3 Å². The van der Waals surface area contributed by atoms with Crippen LogP contribution in [0.2, 0.25) is 0 Å². The molecule has 0 saturated heterocycles. The van der Waals surface area contributed by atoms with E-state index >= 15 is 0 Å². The molecule has 2 N–H and O–H groups in total. The van der Waals surface area contributed by atoms with E-state index in [1.54, 1.807) is 20.8 Å². The smallest absolute Gasteiger partial charge is 0.433 e. The van der Waals surface area contributed by atoms with Crippen LogP contribution < -0.4 is 15.9 Å². The molecule has 5 aromatic heterocycles. The highest BCUT2D eigenvalue weighted by Gasteiger charge is 2.33. The highest BCUT2D eigenvalue weighted by atomic mass is 19.4. The Labute approximate surface area is 273 Å². The van der Waals surface area contributed by atoms with Crippen molar-refractivity contribution >= 4 is 11.3 Å². The summed E-state index contributed by atoms with van der Waals surface area (Å²) in [6.07, 6.45) is -1.03. The number of benzene rings is 1. The Hall–Kier alpha value is -6.29. The second-order valence-electron chi connectivity index (χ2n) is 11.6. The van der Waals surface area contributed by atoms with Gasteiger partial charge in [-0.2, -0.15) is 23.7 Å². The molecule has 0 spiro atoms. The number of nitrogens with one attached hydrogen (secondary N) is 2. The summed E-state index contributed by atoms with van der Waals surface area (Å²) in [5.74, 6) is -1.55. The summed E-state index contributed by atoms with van der Waals surface area (Å²) in [5.41, 5.74) is -1.36. The Balaban J connectivity index is 1.34. The zero-order valence-electron chi connectivity index (χ0n) is 26.1. The molecule has 0 bridgehead atoms. The first-order valence-corrected chi connectivity index (χ1v) is 14.9. The maximum Gasteiger partial charge on any atom is 0.433 e. The van der Waals surface area contributed by atoms with Gasteiger partial charge >= 0.3 is 6.18 Å². The van der Waals surface area contributed by atoms with Gasteiger partial charge in [0.05, 0.1) is 18.0 Å².